The predicted octanol–water partition coefficient (Wildman–Crippen LogP) is 4.01. The summed E-state index contributed by atoms with van der Waals surface area (Å²) in [5.41, 5.74) is 2.40. The van der Waals surface area contributed by atoms with Gasteiger partial charge in [0.1, 0.15) is 11.5 Å². The molecule has 3 rings (SSSR count). The van der Waals surface area contributed by atoms with Crippen molar-refractivity contribution < 1.29 is 24.2 Å². The van der Waals surface area contributed by atoms with Crippen LogP contribution in [0.2, 0.25) is 0 Å². The Morgan fingerprint density at radius 3 is 2.48 bits per heavy atom. The van der Waals surface area contributed by atoms with E-state index in [9.17, 15) is 9.59 Å². The molecule has 0 aromatic heterocycles. The Labute approximate surface area is 177 Å². The van der Waals surface area contributed by atoms with Crippen LogP contribution in [-0.4, -0.2) is 41.9 Å². The molecule has 0 saturated carbocycles. The standard InChI is InChI=1S/C21H21BrN2O5/c1-28-15-7-8-19(29-2)16(11-15)18-12-17(13-3-5-14(22)6-4-13)23-24(18)20(25)9-10-21(26)27/h3-8,11,18H,9-10,12H2,1-2H3,(H,26,27). The highest BCUT2D eigenvalue weighted by molar-refractivity contribution is 9.10. The lowest BCUT2D eigenvalue weighted by atomic mass is 9.97. The van der Waals surface area contributed by atoms with E-state index in [-0.39, 0.29) is 18.7 Å². The first kappa shape index (κ1) is 20.9. The molecular weight excluding hydrogens is 440 g/mol. The van der Waals surface area contributed by atoms with Gasteiger partial charge in [-0.25, -0.2) is 5.01 Å². The fourth-order valence-electron chi connectivity index (χ4n) is 3.23. The molecule has 1 amide bonds. The van der Waals surface area contributed by atoms with Gasteiger partial charge < -0.3 is 14.6 Å². The molecule has 0 fully saturated rings. The molecule has 152 valence electrons. The Kier molecular flexibility index (Phi) is 6.53. The van der Waals surface area contributed by atoms with Crippen molar-refractivity contribution in [3.63, 3.8) is 0 Å². The highest BCUT2D eigenvalue weighted by Gasteiger charge is 2.35. The Balaban J connectivity index is 1.99. The van der Waals surface area contributed by atoms with Gasteiger partial charge in [-0.15, -0.1) is 0 Å². The van der Waals surface area contributed by atoms with Crippen LogP contribution in [0.5, 0.6) is 11.5 Å². The number of hydrogen-bond donors (Lipinski definition) is 1. The predicted molar refractivity (Wildman–Crippen MR) is 111 cm³/mol. The van der Waals surface area contributed by atoms with Crippen LogP contribution in [-0.2, 0) is 9.59 Å². The van der Waals surface area contributed by atoms with E-state index in [1.54, 1.807) is 26.4 Å². The third-order valence-electron chi connectivity index (χ3n) is 4.69. The molecule has 2 aromatic carbocycles. The number of methoxy groups -OCH3 is 2. The highest BCUT2D eigenvalue weighted by atomic mass is 79.9. The Hall–Kier alpha value is -2.87. The number of carbonyl (C=O) groups excluding carboxylic acids is 1. The number of amides is 1. The molecular formula is C21H21BrN2O5. The number of carboxylic acids is 1. The van der Waals surface area contributed by atoms with Gasteiger partial charge in [0.15, 0.2) is 0 Å². The molecule has 1 heterocycles. The number of nitrogens with zero attached hydrogens (tertiary/aromatic N) is 2. The molecule has 1 aliphatic heterocycles. The lowest BCUT2D eigenvalue weighted by Crippen LogP contribution is -2.27. The van der Waals surface area contributed by atoms with Crippen LogP contribution >= 0.6 is 15.9 Å². The van der Waals surface area contributed by atoms with Gasteiger partial charge >= 0.3 is 5.97 Å². The number of hydrogen-bond acceptors (Lipinski definition) is 5. The Morgan fingerprint density at radius 1 is 1.14 bits per heavy atom. The van der Waals surface area contributed by atoms with Crippen LogP contribution in [0.25, 0.3) is 0 Å². The Morgan fingerprint density at radius 2 is 1.86 bits per heavy atom. The van der Waals surface area contributed by atoms with Crippen LogP contribution in [0.1, 0.15) is 36.4 Å². The zero-order chi connectivity index (χ0) is 21.0. The van der Waals surface area contributed by atoms with Gasteiger partial charge in [0, 0.05) is 22.9 Å². The van der Waals surface area contributed by atoms with Gasteiger partial charge in [0.25, 0.3) is 0 Å². The molecule has 1 atom stereocenters. The molecule has 1 unspecified atom stereocenters. The summed E-state index contributed by atoms with van der Waals surface area (Å²) in [5, 5.41) is 14.9. The number of rotatable bonds is 7. The number of carbonyl (C=O) groups is 2. The fraction of sp³-hybridized carbons (Fsp3) is 0.286. The largest absolute Gasteiger partial charge is 0.497 e. The van der Waals surface area contributed by atoms with E-state index in [0.29, 0.717) is 17.9 Å². The summed E-state index contributed by atoms with van der Waals surface area (Å²) >= 11 is 3.42. The Bertz CT molecular complexity index is 943. The smallest absolute Gasteiger partial charge is 0.303 e. The highest BCUT2D eigenvalue weighted by Crippen LogP contribution is 2.39. The van der Waals surface area contributed by atoms with E-state index in [2.05, 4.69) is 21.0 Å². The van der Waals surface area contributed by atoms with Crippen LogP contribution < -0.4 is 9.47 Å². The lowest BCUT2D eigenvalue weighted by Gasteiger charge is -2.24. The molecule has 0 aliphatic carbocycles. The summed E-state index contributed by atoms with van der Waals surface area (Å²) in [5.74, 6) is -0.130. The molecule has 0 bridgehead atoms. The van der Waals surface area contributed by atoms with Gasteiger partial charge in [-0.3, -0.25) is 9.59 Å². The van der Waals surface area contributed by atoms with E-state index in [0.717, 1.165) is 21.3 Å². The van der Waals surface area contributed by atoms with Crippen LogP contribution in [0.15, 0.2) is 52.0 Å². The molecule has 0 spiro atoms. The first-order valence-electron chi connectivity index (χ1n) is 9.02. The molecule has 0 radical (unpaired) electrons. The number of halogens is 1. The van der Waals surface area contributed by atoms with E-state index in [4.69, 9.17) is 14.6 Å². The summed E-state index contributed by atoms with van der Waals surface area (Å²) in [7, 11) is 3.13. The van der Waals surface area contributed by atoms with E-state index in [1.165, 1.54) is 5.01 Å². The maximum Gasteiger partial charge on any atom is 0.303 e. The minimum absolute atomic E-state index is 0.130. The van der Waals surface area contributed by atoms with Gasteiger partial charge in [-0.1, -0.05) is 28.1 Å². The van der Waals surface area contributed by atoms with Gasteiger partial charge in [0.2, 0.25) is 5.91 Å². The second-order valence-corrected chi connectivity index (χ2v) is 7.43. The summed E-state index contributed by atoms with van der Waals surface area (Å²) in [6.45, 7) is 0. The van der Waals surface area contributed by atoms with Crippen molar-refractivity contribution in [2.75, 3.05) is 14.2 Å². The fourth-order valence-corrected chi connectivity index (χ4v) is 3.49. The molecule has 1 N–H and O–H groups in total. The summed E-state index contributed by atoms with van der Waals surface area (Å²) < 4.78 is 11.8. The van der Waals surface area contributed by atoms with Crippen LogP contribution in [0.3, 0.4) is 0 Å². The zero-order valence-corrected chi connectivity index (χ0v) is 17.7. The molecule has 0 saturated heterocycles. The third kappa shape index (κ3) is 4.76. The van der Waals surface area contributed by atoms with E-state index < -0.39 is 12.0 Å². The van der Waals surface area contributed by atoms with E-state index in [1.807, 2.05) is 30.3 Å². The van der Waals surface area contributed by atoms with Crippen LogP contribution in [0, 0.1) is 0 Å². The number of hydrazone groups is 1. The average Bonchev–Trinajstić information content (AvgIpc) is 3.17. The topological polar surface area (TPSA) is 88.4 Å². The second-order valence-electron chi connectivity index (χ2n) is 6.51. The number of ether oxygens (including phenoxy) is 2. The maximum atomic E-state index is 12.8. The van der Waals surface area contributed by atoms with Crippen LogP contribution in [0.4, 0.5) is 0 Å². The molecule has 2 aromatic rings. The monoisotopic (exact) mass is 460 g/mol. The van der Waals surface area contributed by atoms with Crippen molar-refractivity contribution >= 4 is 33.5 Å². The minimum atomic E-state index is -1.02. The summed E-state index contributed by atoms with van der Waals surface area (Å²) in [4.78, 5) is 23.7. The third-order valence-corrected chi connectivity index (χ3v) is 5.22. The second kappa shape index (κ2) is 9.09. The minimum Gasteiger partial charge on any atom is -0.497 e. The zero-order valence-electron chi connectivity index (χ0n) is 16.1. The quantitative estimate of drug-likeness (QED) is 0.673. The molecule has 1 aliphatic rings. The number of aliphatic carboxylic acids is 1. The van der Waals surface area contributed by atoms with Crippen molar-refractivity contribution in [2.45, 2.75) is 25.3 Å². The number of benzene rings is 2. The van der Waals surface area contributed by atoms with Gasteiger partial charge in [0.05, 0.1) is 32.4 Å². The van der Waals surface area contributed by atoms with Crippen molar-refractivity contribution in [3.05, 3.63) is 58.1 Å². The summed E-state index contributed by atoms with van der Waals surface area (Å²) in [6, 6.07) is 12.6. The van der Waals surface area contributed by atoms with E-state index >= 15 is 0 Å². The van der Waals surface area contributed by atoms with Crippen molar-refractivity contribution in [1.82, 2.24) is 5.01 Å². The normalized spacial score (nSPS) is 15.8. The lowest BCUT2D eigenvalue weighted by molar-refractivity contribution is -0.141. The molecule has 7 nitrogen and oxygen atoms in total. The maximum absolute atomic E-state index is 12.8. The van der Waals surface area contributed by atoms with Gasteiger partial charge in [-0.2, -0.15) is 5.10 Å². The SMILES string of the molecule is COc1ccc(OC)c(C2CC(c3ccc(Br)cc3)=NN2C(=O)CCC(=O)O)c1. The molecule has 8 heteroatoms. The number of carboxylic acid groups (broad SMARTS) is 1. The first-order valence-corrected chi connectivity index (χ1v) is 9.81. The van der Waals surface area contributed by atoms with Crippen molar-refractivity contribution in [3.8, 4) is 11.5 Å². The first-order chi connectivity index (χ1) is 13.9. The average molecular weight is 461 g/mol. The molecule has 29 heavy (non-hydrogen) atoms. The van der Waals surface area contributed by atoms with Gasteiger partial charge in [-0.05, 0) is 35.9 Å². The van der Waals surface area contributed by atoms with Crippen molar-refractivity contribution in [1.29, 1.82) is 0 Å². The summed E-state index contributed by atoms with van der Waals surface area (Å²) in [6.07, 6.45) is 0.0969. The van der Waals surface area contributed by atoms with Crippen molar-refractivity contribution in [2.24, 2.45) is 5.10 Å².